The highest BCUT2D eigenvalue weighted by atomic mass is 79.9. The quantitative estimate of drug-likeness (QED) is 0.746. The molecule has 0 radical (unpaired) electrons. The first-order valence-corrected chi connectivity index (χ1v) is 6.73. The molecule has 0 N–H and O–H groups in total. The molecule has 1 aliphatic heterocycles. The lowest BCUT2D eigenvalue weighted by atomic mass is 10.1. The van der Waals surface area contributed by atoms with Crippen LogP contribution in [0.5, 0.6) is 0 Å². The Bertz CT molecular complexity index is 758. The average Bonchev–Trinajstić information content (AvgIpc) is 2.65. The van der Waals surface area contributed by atoms with E-state index in [1.807, 2.05) is 6.92 Å². The second-order valence-electron chi connectivity index (χ2n) is 4.59. The first-order valence-electron chi connectivity index (χ1n) is 5.93. The first kappa shape index (κ1) is 13.0. The molecule has 0 saturated heterocycles. The molecule has 0 saturated carbocycles. The van der Waals surface area contributed by atoms with E-state index in [2.05, 4.69) is 15.9 Å². The predicted octanol–water partition coefficient (Wildman–Crippen LogP) is 3.70. The number of anilines is 1. The molecule has 2 amide bonds. The van der Waals surface area contributed by atoms with Crippen LogP contribution in [0.3, 0.4) is 0 Å². The number of imide groups is 1. The molecule has 1 heterocycles. The van der Waals surface area contributed by atoms with Gasteiger partial charge in [0.1, 0.15) is 5.82 Å². The number of hydrogen-bond acceptors (Lipinski definition) is 2. The van der Waals surface area contributed by atoms with Crippen molar-refractivity contribution in [3.8, 4) is 0 Å². The highest BCUT2D eigenvalue weighted by Gasteiger charge is 2.36. The zero-order valence-corrected chi connectivity index (χ0v) is 12.1. The maximum atomic E-state index is 13.6. The van der Waals surface area contributed by atoms with Crippen molar-refractivity contribution in [2.45, 2.75) is 6.92 Å². The van der Waals surface area contributed by atoms with E-state index in [0.717, 1.165) is 10.5 Å². The van der Waals surface area contributed by atoms with Gasteiger partial charge in [-0.1, -0.05) is 11.6 Å². The molecule has 20 heavy (non-hydrogen) atoms. The minimum Gasteiger partial charge on any atom is -0.268 e. The van der Waals surface area contributed by atoms with Gasteiger partial charge >= 0.3 is 0 Å². The smallest absolute Gasteiger partial charge is 0.266 e. The molecule has 1 aliphatic rings. The molecule has 5 heteroatoms. The zero-order valence-electron chi connectivity index (χ0n) is 10.5. The standard InChI is InChI=1S/C15H9BrFNO2/c1-8-2-4-10-11(6-8)15(20)18(14(10)19)9-3-5-12(16)13(17)7-9/h2-7H,1H3. The molecule has 0 spiro atoms. The van der Waals surface area contributed by atoms with Gasteiger partial charge in [-0.05, 0) is 53.2 Å². The summed E-state index contributed by atoms with van der Waals surface area (Å²) in [6.07, 6.45) is 0. The molecule has 0 aliphatic carbocycles. The number of fused-ring (bicyclic) bond motifs is 1. The Morgan fingerprint density at radius 2 is 1.70 bits per heavy atom. The summed E-state index contributed by atoms with van der Waals surface area (Å²) in [4.78, 5) is 25.6. The van der Waals surface area contributed by atoms with Gasteiger partial charge in [0.25, 0.3) is 11.8 Å². The Balaban J connectivity index is 2.11. The number of rotatable bonds is 1. The number of aryl methyl sites for hydroxylation is 1. The van der Waals surface area contributed by atoms with Crippen molar-refractivity contribution in [3.63, 3.8) is 0 Å². The van der Waals surface area contributed by atoms with Crippen LogP contribution in [-0.2, 0) is 0 Å². The monoisotopic (exact) mass is 333 g/mol. The molecule has 0 aromatic heterocycles. The van der Waals surface area contributed by atoms with E-state index in [1.165, 1.54) is 18.2 Å². The lowest BCUT2D eigenvalue weighted by Crippen LogP contribution is -2.29. The molecule has 3 rings (SSSR count). The summed E-state index contributed by atoms with van der Waals surface area (Å²) in [5, 5.41) is 0. The fourth-order valence-electron chi connectivity index (χ4n) is 2.21. The van der Waals surface area contributed by atoms with Gasteiger partial charge in [0.05, 0.1) is 21.3 Å². The van der Waals surface area contributed by atoms with Gasteiger partial charge in [0, 0.05) is 0 Å². The van der Waals surface area contributed by atoms with E-state index in [1.54, 1.807) is 18.2 Å². The van der Waals surface area contributed by atoms with Crippen LogP contribution in [0, 0.1) is 12.7 Å². The second kappa shape index (κ2) is 4.52. The maximum Gasteiger partial charge on any atom is 0.266 e. The third-order valence-electron chi connectivity index (χ3n) is 3.20. The van der Waals surface area contributed by atoms with Crippen LogP contribution in [0.1, 0.15) is 26.3 Å². The van der Waals surface area contributed by atoms with Crippen LogP contribution < -0.4 is 4.90 Å². The van der Waals surface area contributed by atoms with Crippen LogP contribution in [0.25, 0.3) is 0 Å². The van der Waals surface area contributed by atoms with E-state index in [-0.39, 0.29) is 10.2 Å². The highest BCUT2D eigenvalue weighted by molar-refractivity contribution is 9.10. The third-order valence-corrected chi connectivity index (χ3v) is 3.85. The molecule has 100 valence electrons. The molecular weight excluding hydrogens is 325 g/mol. The van der Waals surface area contributed by atoms with Gasteiger partial charge in [-0.2, -0.15) is 0 Å². The van der Waals surface area contributed by atoms with Crippen molar-refractivity contribution in [1.82, 2.24) is 0 Å². The minimum absolute atomic E-state index is 0.231. The second-order valence-corrected chi connectivity index (χ2v) is 5.45. The molecule has 0 unspecified atom stereocenters. The number of halogens is 2. The normalized spacial score (nSPS) is 13.8. The number of nitrogens with zero attached hydrogens (tertiary/aromatic N) is 1. The summed E-state index contributed by atoms with van der Waals surface area (Å²) in [6.45, 7) is 1.85. The van der Waals surface area contributed by atoms with Crippen molar-refractivity contribution in [2.75, 3.05) is 4.90 Å². The Kier molecular flexibility index (Phi) is 2.94. The largest absolute Gasteiger partial charge is 0.268 e. The van der Waals surface area contributed by atoms with Crippen LogP contribution in [-0.4, -0.2) is 11.8 Å². The summed E-state index contributed by atoms with van der Waals surface area (Å²) >= 11 is 3.04. The fourth-order valence-corrected chi connectivity index (χ4v) is 2.46. The molecule has 3 nitrogen and oxygen atoms in total. The SMILES string of the molecule is Cc1ccc2c(c1)C(=O)N(c1ccc(Br)c(F)c1)C2=O. The molecular formula is C15H9BrFNO2. The summed E-state index contributed by atoms with van der Waals surface area (Å²) in [6, 6.07) is 9.24. The zero-order chi connectivity index (χ0) is 14.4. The van der Waals surface area contributed by atoms with Crippen LogP contribution in [0.15, 0.2) is 40.9 Å². The van der Waals surface area contributed by atoms with Crippen LogP contribution >= 0.6 is 15.9 Å². The Morgan fingerprint density at radius 1 is 1.00 bits per heavy atom. The minimum atomic E-state index is -0.518. The number of carbonyl (C=O) groups is 2. The van der Waals surface area contributed by atoms with Crippen molar-refractivity contribution in [1.29, 1.82) is 0 Å². The number of benzene rings is 2. The molecule has 2 aromatic carbocycles. The highest BCUT2D eigenvalue weighted by Crippen LogP contribution is 2.30. The number of hydrogen-bond donors (Lipinski definition) is 0. The summed E-state index contributed by atoms with van der Waals surface area (Å²) < 4.78 is 13.9. The van der Waals surface area contributed by atoms with Crippen molar-refractivity contribution in [3.05, 3.63) is 63.4 Å². The maximum absolute atomic E-state index is 13.6. The van der Waals surface area contributed by atoms with E-state index in [0.29, 0.717) is 11.1 Å². The summed E-state index contributed by atoms with van der Waals surface area (Å²) in [7, 11) is 0. The lowest BCUT2D eigenvalue weighted by molar-refractivity contribution is 0.0926. The number of carbonyl (C=O) groups excluding carboxylic acids is 2. The van der Waals surface area contributed by atoms with Gasteiger partial charge in [0.2, 0.25) is 0 Å². The van der Waals surface area contributed by atoms with Crippen molar-refractivity contribution < 1.29 is 14.0 Å². The molecule has 2 aromatic rings. The van der Waals surface area contributed by atoms with E-state index in [9.17, 15) is 14.0 Å². The summed E-state index contributed by atoms with van der Waals surface area (Å²) in [5.41, 5.74) is 1.84. The molecule has 0 atom stereocenters. The van der Waals surface area contributed by atoms with Gasteiger partial charge in [-0.15, -0.1) is 0 Å². The topological polar surface area (TPSA) is 37.4 Å². The van der Waals surface area contributed by atoms with Crippen molar-refractivity contribution in [2.24, 2.45) is 0 Å². The average molecular weight is 334 g/mol. The van der Waals surface area contributed by atoms with Gasteiger partial charge in [0.15, 0.2) is 0 Å². The van der Waals surface area contributed by atoms with E-state index >= 15 is 0 Å². The lowest BCUT2D eigenvalue weighted by Gasteiger charge is -2.14. The first-order chi connectivity index (χ1) is 9.49. The number of amides is 2. The Morgan fingerprint density at radius 3 is 2.40 bits per heavy atom. The predicted molar refractivity (Wildman–Crippen MR) is 76.4 cm³/mol. The molecule has 0 bridgehead atoms. The van der Waals surface area contributed by atoms with Gasteiger partial charge in [-0.3, -0.25) is 9.59 Å². The Hall–Kier alpha value is -2.01. The van der Waals surface area contributed by atoms with Crippen LogP contribution in [0.2, 0.25) is 0 Å². The summed E-state index contributed by atoms with van der Waals surface area (Å²) in [5.74, 6) is -1.36. The van der Waals surface area contributed by atoms with Crippen molar-refractivity contribution >= 4 is 33.4 Å². The van der Waals surface area contributed by atoms with E-state index < -0.39 is 17.6 Å². The van der Waals surface area contributed by atoms with Gasteiger partial charge < -0.3 is 0 Å². The van der Waals surface area contributed by atoms with E-state index in [4.69, 9.17) is 0 Å². The fraction of sp³-hybridized carbons (Fsp3) is 0.0667. The third kappa shape index (κ3) is 1.86. The van der Waals surface area contributed by atoms with Crippen LogP contribution in [0.4, 0.5) is 10.1 Å². The Labute approximate surface area is 123 Å². The van der Waals surface area contributed by atoms with Gasteiger partial charge in [-0.25, -0.2) is 9.29 Å². The molecule has 0 fully saturated rings.